The molecule has 1 heterocycles. The van der Waals surface area contributed by atoms with Crippen LogP contribution >= 0.6 is 11.3 Å². The third kappa shape index (κ3) is 3.84. The number of hydrogen-bond acceptors (Lipinski definition) is 5. The minimum atomic E-state index is -1.12. The van der Waals surface area contributed by atoms with Gasteiger partial charge in [-0.25, -0.2) is 4.79 Å². The standard InChI is InChI=1S/C15H18N2O4S/c1-2-9-3-4-10-11(6-16)15(22-12(10)5-9)17-13(18)7-21-8-14(19)20/h9H,2-5,7-8H2,1H3,(H,17,18)(H,19,20)/t9-/m1/s1. The number of fused-ring (bicyclic) bond motifs is 1. The van der Waals surface area contributed by atoms with E-state index in [0.29, 0.717) is 16.5 Å². The van der Waals surface area contributed by atoms with Crippen molar-refractivity contribution in [1.82, 2.24) is 0 Å². The maximum Gasteiger partial charge on any atom is 0.329 e. The molecule has 1 aromatic heterocycles. The van der Waals surface area contributed by atoms with Gasteiger partial charge in [0.1, 0.15) is 24.3 Å². The number of amides is 1. The Balaban J connectivity index is 2.05. The van der Waals surface area contributed by atoms with Gasteiger partial charge in [0.05, 0.1) is 5.56 Å². The van der Waals surface area contributed by atoms with E-state index in [1.54, 1.807) is 0 Å². The molecule has 0 spiro atoms. The van der Waals surface area contributed by atoms with Crippen molar-refractivity contribution in [2.75, 3.05) is 18.5 Å². The summed E-state index contributed by atoms with van der Waals surface area (Å²) < 4.78 is 4.75. The number of carboxylic acids is 1. The number of hydrogen-bond donors (Lipinski definition) is 2. The molecule has 1 atom stereocenters. The number of carboxylic acid groups (broad SMARTS) is 1. The van der Waals surface area contributed by atoms with Crippen LogP contribution in [0.15, 0.2) is 0 Å². The molecule has 1 amide bonds. The monoisotopic (exact) mass is 322 g/mol. The van der Waals surface area contributed by atoms with E-state index >= 15 is 0 Å². The summed E-state index contributed by atoms with van der Waals surface area (Å²) in [5.74, 6) is -0.925. The van der Waals surface area contributed by atoms with Gasteiger partial charge in [0.2, 0.25) is 0 Å². The Labute approximate surface area is 132 Å². The number of carbonyl (C=O) groups excluding carboxylic acids is 1. The maximum absolute atomic E-state index is 11.8. The molecule has 0 aromatic carbocycles. The largest absolute Gasteiger partial charge is 0.480 e. The van der Waals surface area contributed by atoms with Gasteiger partial charge in [0, 0.05) is 4.88 Å². The van der Waals surface area contributed by atoms with Crippen LogP contribution in [0.2, 0.25) is 0 Å². The van der Waals surface area contributed by atoms with Crippen molar-refractivity contribution in [3.63, 3.8) is 0 Å². The summed E-state index contributed by atoms with van der Waals surface area (Å²) in [6.45, 7) is 1.31. The van der Waals surface area contributed by atoms with Crippen LogP contribution in [0.3, 0.4) is 0 Å². The van der Waals surface area contributed by atoms with E-state index in [9.17, 15) is 14.9 Å². The average molecular weight is 322 g/mol. The fraction of sp³-hybridized carbons (Fsp3) is 0.533. The first kappa shape index (κ1) is 16.5. The van der Waals surface area contributed by atoms with Gasteiger partial charge in [-0.1, -0.05) is 13.3 Å². The molecule has 0 saturated carbocycles. The van der Waals surface area contributed by atoms with Gasteiger partial charge in [-0.2, -0.15) is 5.26 Å². The lowest BCUT2D eigenvalue weighted by atomic mass is 9.86. The lowest BCUT2D eigenvalue weighted by Gasteiger charge is -2.20. The first-order chi connectivity index (χ1) is 10.5. The minimum Gasteiger partial charge on any atom is -0.480 e. The van der Waals surface area contributed by atoms with Gasteiger partial charge >= 0.3 is 5.97 Å². The molecule has 0 bridgehead atoms. The van der Waals surface area contributed by atoms with E-state index in [-0.39, 0.29) is 6.61 Å². The van der Waals surface area contributed by atoms with Crippen LogP contribution in [-0.4, -0.2) is 30.2 Å². The van der Waals surface area contributed by atoms with Crippen LogP contribution in [-0.2, 0) is 27.2 Å². The van der Waals surface area contributed by atoms with E-state index < -0.39 is 18.5 Å². The molecule has 0 saturated heterocycles. The average Bonchev–Trinajstić information content (AvgIpc) is 2.82. The second kappa shape index (κ2) is 7.38. The summed E-state index contributed by atoms with van der Waals surface area (Å²) >= 11 is 1.45. The van der Waals surface area contributed by atoms with Gasteiger partial charge in [0.15, 0.2) is 0 Å². The molecular formula is C15H18N2O4S. The predicted octanol–water partition coefficient (Wildman–Crippen LogP) is 2.17. The Morgan fingerprint density at radius 3 is 2.91 bits per heavy atom. The van der Waals surface area contributed by atoms with Crippen molar-refractivity contribution in [3.8, 4) is 6.07 Å². The summed E-state index contributed by atoms with van der Waals surface area (Å²) in [5, 5.41) is 21.0. The normalized spacial score (nSPS) is 16.6. The summed E-state index contributed by atoms with van der Waals surface area (Å²) in [6.07, 6.45) is 4.02. The molecule has 0 unspecified atom stereocenters. The van der Waals surface area contributed by atoms with Crippen LogP contribution in [0.25, 0.3) is 0 Å². The first-order valence-corrected chi connectivity index (χ1v) is 8.00. The van der Waals surface area contributed by atoms with Gasteiger partial charge in [0.25, 0.3) is 5.91 Å². The minimum absolute atomic E-state index is 0.336. The third-order valence-electron chi connectivity index (χ3n) is 3.77. The summed E-state index contributed by atoms with van der Waals surface area (Å²) in [6, 6.07) is 2.18. The lowest BCUT2D eigenvalue weighted by molar-refractivity contribution is -0.143. The van der Waals surface area contributed by atoms with Crippen LogP contribution in [0.5, 0.6) is 0 Å². The molecule has 2 N–H and O–H groups in total. The maximum atomic E-state index is 11.8. The zero-order chi connectivity index (χ0) is 16.1. The fourth-order valence-corrected chi connectivity index (χ4v) is 3.93. The highest BCUT2D eigenvalue weighted by Gasteiger charge is 2.25. The van der Waals surface area contributed by atoms with Crippen molar-refractivity contribution in [3.05, 3.63) is 16.0 Å². The molecule has 0 aliphatic heterocycles. The Bertz CT molecular complexity index is 618. The molecule has 0 fully saturated rings. The molecule has 7 heteroatoms. The number of nitriles is 1. The summed E-state index contributed by atoms with van der Waals surface area (Å²) in [7, 11) is 0. The molecular weight excluding hydrogens is 304 g/mol. The van der Waals surface area contributed by atoms with E-state index in [4.69, 9.17) is 9.84 Å². The molecule has 6 nitrogen and oxygen atoms in total. The molecule has 0 radical (unpaired) electrons. The fourth-order valence-electron chi connectivity index (χ4n) is 2.60. The van der Waals surface area contributed by atoms with Crippen molar-refractivity contribution < 1.29 is 19.4 Å². The predicted molar refractivity (Wildman–Crippen MR) is 81.9 cm³/mol. The van der Waals surface area contributed by atoms with E-state index in [1.165, 1.54) is 16.2 Å². The van der Waals surface area contributed by atoms with Crippen molar-refractivity contribution in [2.24, 2.45) is 5.92 Å². The number of nitrogens with zero attached hydrogens (tertiary/aromatic N) is 1. The number of aliphatic carboxylic acids is 1. The zero-order valence-corrected chi connectivity index (χ0v) is 13.2. The number of ether oxygens (including phenoxy) is 1. The number of anilines is 1. The second-order valence-corrected chi connectivity index (χ2v) is 6.38. The highest BCUT2D eigenvalue weighted by molar-refractivity contribution is 7.16. The molecule has 2 rings (SSSR count). The number of rotatable bonds is 6. The Kier molecular flexibility index (Phi) is 5.52. The zero-order valence-electron chi connectivity index (χ0n) is 12.3. The van der Waals surface area contributed by atoms with Crippen LogP contribution in [0, 0.1) is 17.2 Å². The van der Waals surface area contributed by atoms with E-state index in [2.05, 4.69) is 18.3 Å². The lowest BCUT2D eigenvalue weighted by Crippen LogP contribution is -2.20. The van der Waals surface area contributed by atoms with E-state index in [1.807, 2.05) is 0 Å². The van der Waals surface area contributed by atoms with Gasteiger partial charge < -0.3 is 15.2 Å². The molecule has 1 aliphatic rings. The van der Waals surface area contributed by atoms with Crippen molar-refractivity contribution in [1.29, 1.82) is 5.26 Å². The Hall–Kier alpha value is -1.91. The molecule has 1 aliphatic carbocycles. The number of thiophene rings is 1. The van der Waals surface area contributed by atoms with Crippen LogP contribution in [0.4, 0.5) is 5.00 Å². The van der Waals surface area contributed by atoms with Crippen molar-refractivity contribution in [2.45, 2.75) is 32.6 Å². The Morgan fingerprint density at radius 1 is 1.50 bits per heavy atom. The summed E-state index contributed by atoms with van der Waals surface area (Å²) in [5.41, 5.74) is 1.60. The van der Waals surface area contributed by atoms with Crippen LogP contribution < -0.4 is 5.32 Å². The Morgan fingerprint density at radius 2 is 2.27 bits per heavy atom. The number of carbonyl (C=O) groups is 2. The SMILES string of the molecule is CC[C@@H]1CCc2c(sc(NC(=O)COCC(=O)O)c2C#N)C1. The number of nitrogens with one attached hydrogen (secondary N) is 1. The van der Waals surface area contributed by atoms with Crippen LogP contribution in [0.1, 0.15) is 35.8 Å². The molecule has 118 valence electrons. The van der Waals surface area contributed by atoms with Gasteiger partial charge in [-0.05, 0) is 30.7 Å². The van der Waals surface area contributed by atoms with Crippen molar-refractivity contribution >= 4 is 28.2 Å². The summed E-state index contributed by atoms with van der Waals surface area (Å²) in [4.78, 5) is 23.3. The molecule has 1 aromatic rings. The van der Waals surface area contributed by atoms with Gasteiger partial charge in [-0.3, -0.25) is 4.79 Å². The van der Waals surface area contributed by atoms with E-state index in [0.717, 1.165) is 31.2 Å². The highest BCUT2D eigenvalue weighted by Crippen LogP contribution is 2.39. The highest BCUT2D eigenvalue weighted by atomic mass is 32.1. The van der Waals surface area contributed by atoms with Gasteiger partial charge in [-0.15, -0.1) is 11.3 Å². The quantitative estimate of drug-likeness (QED) is 0.836. The third-order valence-corrected chi connectivity index (χ3v) is 4.94. The molecule has 22 heavy (non-hydrogen) atoms. The topological polar surface area (TPSA) is 99.4 Å². The smallest absolute Gasteiger partial charge is 0.329 e. The first-order valence-electron chi connectivity index (χ1n) is 7.19. The second-order valence-electron chi connectivity index (χ2n) is 5.27.